The quantitative estimate of drug-likeness (QED) is 0.854. The maximum absolute atomic E-state index is 13.1. The Hall–Kier alpha value is -1.94. The fourth-order valence-electron chi connectivity index (χ4n) is 3.12. The molecule has 1 fully saturated rings. The molecule has 0 radical (unpaired) electrons. The summed E-state index contributed by atoms with van der Waals surface area (Å²) in [5.74, 6) is 0.654. The topological polar surface area (TPSA) is 25.4 Å². The summed E-state index contributed by atoms with van der Waals surface area (Å²) in [6.45, 7) is 1.83. The van der Waals surface area contributed by atoms with Crippen molar-refractivity contribution in [2.75, 3.05) is 13.7 Å². The highest BCUT2D eigenvalue weighted by molar-refractivity contribution is 5.24. The summed E-state index contributed by atoms with van der Waals surface area (Å²) in [5, 5.41) is 0. The number of likely N-dealkylation sites (tertiary alicyclic amines) is 1. The van der Waals surface area contributed by atoms with Gasteiger partial charge in [0.1, 0.15) is 11.6 Å². The SMILES string of the molecule is COc1ccnc(CN2CCCC[C@H]2c2ccc(F)cc2)c1. The second kappa shape index (κ2) is 6.88. The highest BCUT2D eigenvalue weighted by Gasteiger charge is 2.24. The molecule has 0 bridgehead atoms. The minimum Gasteiger partial charge on any atom is -0.497 e. The highest BCUT2D eigenvalue weighted by Crippen LogP contribution is 2.32. The number of piperidine rings is 1. The van der Waals surface area contributed by atoms with E-state index in [9.17, 15) is 4.39 Å². The van der Waals surface area contributed by atoms with E-state index in [0.717, 1.165) is 31.0 Å². The van der Waals surface area contributed by atoms with Gasteiger partial charge >= 0.3 is 0 Å². The lowest BCUT2D eigenvalue weighted by molar-refractivity contribution is 0.138. The lowest BCUT2D eigenvalue weighted by Crippen LogP contribution is -2.33. The number of rotatable bonds is 4. The van der Waals surface area contributed by atoms with Gasteiger partial charge in [0.15, 0.2) is 0 Å². The third kappa shape index (κ3) is 3.45. The van der Waals surface area contributed by atoms with E-state index >= 15 is 0 Å². The van der Waals surface area contributed by atoms with Gasteiger partial charge in [-0.15, -0.1) is 0 Å². The number of benzene rings is 1. The fraction of sp³-hybridized carbons (Fsp3) is 0.389. The molecule has 0 aliphatic carbocycles. The minimum absolute atomic E-state index is 0.180. The predicted octanol–water partition coefficient (Wildman–Crippen LogP) is 3.96. The van der Waals surface area contributed by atoms with Crippen molar-refractivity contribution in [1.29, 1.82) is 0 Å². The maximum Gasteiger partial charge on any atom is 0.123 e. The van der Waals surface area contributed by atoms with Gasteiger partial charge in [-0.2, -0.15) is 0 Å². The Labute approximate surface area is 130 Å². The average molecular weight is 300 g/mol. The van der Waals surface area contributed by atoms with Crippen molar-refractivity contribution in [2.45, 2.75) is 31.8 Å². The van der Waals surface area contributed by atoms with Crippen molar-refractivity contribution in [2.24, 2.45) is 0 Å². The molecule has 1 aliphatic heterocycles. The average Bonchev–Trinajstić information content (AvgIpc) is 2.56. The summed E-state index contributed by atoms with van der Waals surface area (Å²) in [6, 6.07) is 11.1. The number of ether oxygens (including phenoxy) is 1. The van der Waals surface area contributed by atoms with E-state index < -0.39 is 0 Å². The molecule has 0 amide bonds. The lowest BCUT2D eigenvalue weighted by Gasteiger charge is -2.35. The Kier molecular flexibility index (Phi) is 4.68. The number of hydrogen-bond acceptors (Lipinski definition) is 3. The van der Waals surface area contributed by atoms with Gasteiger partial charge in [-0.05, 0) is 43.1 Å². The van der Waals surface area contributed by atoms with Crippen LogP contribution in [-0.4, -0.2) is 23.5 Å². The van der Waals surface area contributed by atoms with Crippen molar-refractivity contribution in [3.63, 3.8) is 0 Å². The first-order valence-corrected chi connectivity index (χ1v) is 7.75. The van der Waals surface area contributed by atoms with E-state index in [1.807, 2.05) is 24.3 Å². The van der Waals surface area contributed by atoms with Gasteiger partial charge in [-0.25, -0.2) is 4.39 Å². The van der Waals surface area contributed by atoms with Crippen LogP contribution in [0, 0.1) is 5.82 Å². The molecule has 3 nitrogen and oxygen atoms in total. The summed E-state index contributed by atoms with van der Waals surface area (Å²) < 4.78 is 18.4. The summed E-state index contributed by atoms with van der Waals surface area (Å²) in [5.41, 5.74) is 2.19. The van der Waals surface area contributed by atoms with Gasteiger partial charge in [-0.3, -0.25) is 9.88 Å². The van der Waals surface area contributed by atoms with Crippen LogP contribution in [0.15, 0.2) is 42.6 Å². The predicted molar refractivity (Wildman–Crippen MR) is 84.2 cm³/mol. The zero-order valence-electron chi connectivity index (χ0n) is 12.8. The Morgan fingerprint density at radius 3 is 2.82 bits per heavy atom. The molecule has 116 valence electrons. The Balaban J connectivity index is 1.78. The van der Waals surface area contributed by atoms with Crippen LogP contribution in [0.4, 0.5) is 4.39 Å². The van der Waals surface area contributed by atoms with Gasteiger partial charge in [-0.1, -0.05) is 18.6 Å². The van der Waals surface area contributed by atoms with E-state index in [4.69, 9.17) is 4.74 Å². The van der Waals surface area contributed by atoms with Crippen molar-refractivity contribution in [3.8, 4) is 5.75 Å². The lowest BCUT2D eigenvalue weighted by atomic mass is 9.95. The zero-order valence-corrected chi connectivity index (χ0v) is 12.8. The molecule has 3 rings (SSSR count). The van der Waals surface area contributed by atoms with E-state index in [0.29, 0.717) is 6.04 Å². The van der Waals surface area contributed by atoms with Crippen LogP contribution >= 0.6 is 0 Å². The Morgan fingerprint density at radius 2 is 2.05 bits per heavy atom. The van der Waals surface area contributed by atoms with Crippen LogP contribution in [-0.2, 0) is 6.54 Å². The molecular weight excluding hydrogens is 279 g/mol. The summed E-state index contributed by atoms with van der Waals surface area (Å²) >= 11 is 0. The van der Waals surface area contributed by atoms with Crippen LogP contribution in [0.2, 0.25) is 0 Å². The van der Waals surface area contributed by atoms with Crippen LogP contribution < -0.4 is 4.74 Å². The molecule has 1 saturated heterocycles. The molecule has 0 saturated carbocycles. The standard InChI is InChI=1S/C18H21FN2O/c1-22-17-9-10-20-16(12-17)13-21-11-3-2-4-18(21)14-5-7-15(19)8-6-14/h5-10,12,18H,2-4,11,13H2,1H3/t18-/m0/s1. The van der Waals surface area contributed by atoms with E-state index in [1.54, 1.807) is 25.4 Å². The van der Waals surface area contributed by atoms with E-state index in [2.05, 4.69) is 9.88 Å². The maximum atomic E-state index is 13.1. The van der Waals surface area contributed by atoms with Gasteiger partial charge < -0.3 is 4.74 Å². The molecule has 22 heavy (non-hydrogen) atoms. The van der Waals surface area contributed by atoms with Crippen molar-refractivity contribution in [1.82, 2.24) is 9.88 Å². The number of halogens is 1. The van der Waals surface area contributed by atoms with Crippen LogP contribution in [0.25, 0.3) is 0 Å². The van der Waals surface area contributed by atoms with Gasteiger partial charge in [0.05, 0.1) is 12.8 Å². The third-order valence-electron chi connectivity index (χ3n) is 4.26. The van der Waals surface area contributed by atoms with Crippen LogP contribution in [0.5, 0.6) is 5.75 Å². The number of nitrogens with zero attached hydrogens (tertiary/aromatic N) is 2. The summed E-state index contributed by atoms with van der Waals surface area (Å²) in [4.78, 5) is 6.87. The van der Waals surface area contributed by atoms with Gasteiger partial charge in [0.2, 0.25) is 0 Å². The number of hydrogen-bond donors (Lipinski definition) is 0. The van der Waals surface area contributed by atoms with Crippen LogP contribution in [0.1, 0.15) is 36.6 Å². The van der Waals surface area contributed by atoms with Crippen molar-refractivity contribution >= 4 is 0 Å². The number of pyridine rings is 1. The first-order valence-electron chi connectivity index (χ1n) is 7.75. The number of methoxy groups -OCH3 is 1. The molecule has 1 aromatic heterocycles. The summed E-state index contributed by atoms with van der Waals surface area (Å²) in [7, 11) is 1.67. The molecule has 1 aromatic carbocycles. The normalized spacial score (nSPS) is 19.1. The fourth-order valence-corrected chi connectivity index (χ4v) is 3.12. The second-order valence-corrected chi connectivity index (χ2v) is 5.72. The molecule has 2 heterocycles. The third-order valence-corrected chi connectivity index (χ3v) is 4.26. The highest BCUT2D eigenvalue weighted by atomic mass is 19.1. The molecule has 0 N–H and O–H groups in total. The largest absolute Gasteiger partial charge is 0.497 e. The first kappa shape index (κ1) is 15.0. The van der Waals surface area contributed by atoms with Gasteiger partial charge in [0, 0.05) is 24.8 Å². The Bertz CT molecular complexity index is 615. The molecule has 1 atom stereocenters. The molecule has 4 heteroatoms. The Morgan fingerprint density at radius 1 is 1.23 bits per heavy atom. The van der Waals surface area contributed by atoms with E-state index in [1.165, 1.54) is 18.4 Å². The minimum atomic E-state index is -0.180. The first-order chi connectivity index (χ1) is 10.8. The monoisotopic (exact) mass is 300 g/mol. The summed E-state index contributed by atoms with van der Waals surface area (Å²) in [6.07, 6.45) is 5.30. The molecular formula is C18H21FN2O. The molecule has 2 aromatic rings. The smallest absolute Gasteiger partial charge is 0.123 e. The van der Waals surface area contributed by atoms with Crippen LogP contribution in [0.3, 0.4) is 0 Å². The van der Waals surface area contributed by atoms with Crippen molar-refractivity contribution < 1.29 is 9.13 Å². The second-order valence-electron chi connectivity index (χ2n) is 5.72. The molecule has 0 unspecified atom stereocenters. The van der Waals surface area contributed by atoms with Crippen molar-refractivity contribution in [3.05, 3.63) is 59.7 Å². The van der Waals surface area contributed by atoms with E-state index in [-0.39, 0.29) is 5.82 Å². The zero-order chi connectivity index (χ0) is 15.4. The molecule has 0 spiro atoms. The van der Waals surface area contributed by atoms with Gasteiger partial charge in [0.25, 0.3) is 0 Å². The number of aromatic nitrogens is 1. The molecule has 1 aliphatic rings.